The zero-order valence-corrected chi connectivity index (χ0v) is 12.1. The minimum absolute atomic E-state index is 0.0169. The van der Waals surface area contributed by atoms with Gasteiger partial charge in [-0.2, -0.15) is 0 Å². The summed E-state index contributed by atoms with van der Waals surface area (Å²) < 4.78 is 5.07. The van der Waals surface area contributed by atoms with Gasteiger partial charge in [0.2, 0.25) is 0 Å². The third kappa shape index (κ3) is 1.73. The Bertz CT molecular complexity index is 530. The van der Waals surface area contributed by atoms with Crippen molar-refractivity contribution in [1.82, 2.24) is 0 Å². The molecule has 102 valence electrons. The Labute approximate surface area is 115 Å². The fourth-order valence-corrected chi connectivity index (χ4v) is 3.75. The smallest absolute Gasteiger partial charge is 0.316 e. The maximum atomic E-state index is 12.3. The number of carbonyl (C=O) groups excluding carboxylic acids is 1. The molecule has 2 nitrogen and oxygen atoms in total. The molecule has 0 amide bonds. The molecule has 0 saturated heterocycles. The van der Waals surface area contributed by atoms with Gasteiger partial charge < -0.3 is 4.74 Å². The Balaban J connectivity index is 2.04. The standard InChI is InChI=1S/C17H22O2/c1-16(2)11-17(16,15(18)19-3)14-9-8-12-6-4-5-7-13(12)10-14/h8-10H,4-7,11H2,1-3H3. The maximum Gasteiger partial charge on any atom is 0.316 e. The first-order chi connectivity index (χ1) is 9.01. The van der Waals surface area contributed by atoms with Crippen LogP contribution in [0, 0.1) is 5.41 Å². The van der Waals surface area contributed by atoms with Crippen molar-refractivity contribution in [1.29, 1.82) is 0 Å². The van der Waals surface area contributed by atoms with E-state index in [1.165, 1.54) is 37.5 Å². The largest absolute Gasteiger partial charge is 0.468 e. The Morgan fingerprint density at radius 1 is 1.16 bits per heavy atom. The lowest BCUT2D eigenvalue weighted by molar-refractivity contribution is -0.144. The fourth-order valence-electron chi connectivity index (χ4n) is 3.75. The Morgan fingerprint density at radius 3 is 2.37 bits per heavy atom. The predicted molar refractivity (Wildman–Crippen MR) is 75.2 cm³/mol. The number of carbonyl (C=O) groups is 1. The van der Waals surface area contributed by atoms with Gasteiger partial charge in [0.1, 0.15) is 0 Å². The summed E-state index contributed by atoms with van der Waals surface area (Å²) in [6.45, 7) is 4.31. The summed E-state index contributed by atoms with van der Waals surface area (Å²) in [5, 5.41) is 0. The van der Waals surface area contributed by atoms with E-state index in [2.05, 4.69) is 32.0 Å². The third-order valence-electron chi connectivity index (χ3n) is 5.11. The topological polar surface area (TPSA) is 26.3 Å². The SMILES string of the molecule is COC(=O)C1(c2ccc3c(c2)CCCC3)CC1(C)C. The monoisotopic (exact) mass is 258 g/mol. The molecule has 3 rings (SSSR count). The van der Waals surface area contributed by atoms with Gasteiger partial charge in [-0.05, 0) is 54.2 Å². The van der Waals surface area contributed by atoms with Crippen molar-refractivity contribution in [3.05, 3.63) is 34.9 Å². The van der Waals surface area contributed by atoms with Crippen LogP contribution in [0.1, 0.15) is 49.8 Å². The summed E-state index contributed by atoms with van der Waals surface area (Å²) in [4.78, 5) is 12.3. The first-order valence-corrected chi connectivity index (χ1v) is 7.22. The zero-order chi connectivity index (χ0) is 13.7. The van der Waals surface area contributed by atoms with Crippen molar-refractivity contribution >= 4 is 5.97 Å². The van der Waals surface area contributed by atoms with Gasteiger partial charge in [-0.15, -0.1) is 0 Å². The molecule has 1 fully saturated rings. The number of methoxy groups -OCH3 is 1. The molecule has 0 aliphatic heterocycles. The molecule has 0 heterocycles. The highest BCUT2D eigenvalue weighted by Gasteiger charge is 2.68. The van der Waals surface area contributed by atoms with Gasteiger partial charge in [0.15, 0.2) is 0 Å². The normalized spacial score (nSPS) is 27.5. The van der Waals surface area contributed by atoms with Crippen molar-refractivity contribution in [2.24, 2.45) is 5.41 Å². The molecule has 0 bridgehead atoms. The number of esters is 1. The van der Waals surface area contributed by atoms with E-state index in [4.69, 9.17) is 4.74 Å². The first kappa shape index (κ1) is 12.7. The van der Waals surface area contributed by atoms with Crippen molar-refractivity contribution < 1.29 is 9.53 Å². The van der Waals surface area contributed by atoms with Crippen LogP contribution in [0.2, 0.25) is 0 Å². The molecule has 1 unspecified atom stereocenters. The van der Waals surface area contributed by atoms with E-state index in [1.807, 2.05) is 0 Å². The second-order valence-electron chi connectivity index (χ2n) is 6.65. The molecule has 2 aliphatic carbocycles. The number of fused-ring (bicyclic) bond motifs is 1. The van der Waals surface area contributed by atoms with Gasteiger partial charge in [0.25, 0.3) is 0 Å². The van der Waals surface area contributed by atoms with Crippen molar-refractivity contribution in [2.75, 3.05) is 7.11 Å². The lowest BCUT2D eigenvalue weighted by atomic mass is 9.83. The quantitative estimate of drug-likeness (QED) is 0.760. The number of hydrogen-bond acceptors (Lipinski definition) is 2. The number of benzene rings is 1. The molecule has 1 aromatic rings. The van der Waals surface area contributed by atoms with E-state index in [-0.39, 0.29) is 11.4 Å². The summed E-state index contributed by atoms with van der Waals surface area (Å²) >= 11 is 0. The molecule has 0 aromatic heterocycles. The molecular formula is C17H22O2. The molecule has 1 aromatic carbocycles. The van der Waals surface area contributed by atoms with Crippen LogP contribution < -0.4 is 0 Å². The average molecular weight is 258 g/mol. The molecule has 2 aliphatic rings. The van der Waals surface area contributed by atoms with E-state index >= 15 is 0 Å². The molecule has 19 heavy (non-hydrogen) atoms. The molecule has 1 atom stereocenters. The van der Waals surface area contributed by atoms with Gasteiger partial charge in [0, 0.05) is 0 Å². The molecular weight excluding hydrogens is 236 g/mol. The van der Waals surface area contributed by atoms with Crippen LogP contribution in [-0.2, 0) is 27.8 Å². The molecule has 1 saturated carbocycles. The minimum atomic E-state index is -0.409. The van der Waals surface area contributed by atoms with Crippen LogP contribution in [-0.4, -0.2) is 13.1 Å². The summed E-state index contributed by atoms with van der Waals surface area (Å²) in [5.41, 5.74) is 3.67. The van der Waals surface area contributed by atoms with Crippen LogP contribution in [0.4, 0.5) is 0 Å². The Morgan fingerprint density at radius 2 is 1.79 bits per heavy atom. The third-order valence-corrected chi connectivity index (χ3v) is 5.11. The Hall–Kier alpha value is -1.31. The summed E-state index contributed by atoms with van der Waals surface area (Å²) in [5.74, 6) is -0.0757. The lowest BCUT2D eigenvalue weighted by Gasteiger charge is -2.22. The van der Waals surface area contributed by atoms with Crippen LogP contribution in [0.25, 0.3) is 0 Å². The van der Waals surface area contributed by atoms with E-state index < -0.39 is 5.41 Å². The van der Waals surface area contributed by atoms with Gasteiger partial charge in [0.05, 0.1) is 12.5 Å². The average Bonchev–Trinajstić information content (AvgIpc) is 3.01. The van der Waals surface area contributed by atoms with Crippen LogP contribution in [0.3, 0.4) is 0 Å². The van der Waals surface area contributed by atoms with Crippen LogP contribution >= 0.6 is 0 Å². The minimum Gasteiger partial charge on any atom is -0.468 e. The highest BCUT2D eigenvalue weighted by atomic mass is 16.5. The highest BCUT2D eigenvalue weighted by molar-refractivity contribution is 5.88. The lowest BCUT2D eigenvalue weighted by Crippen LogP contribution is -2.27. The van der Waals surface area contributed by atoms with Crippen molar-refractivity contribution in [2.45, 2.75) is 51.4 Å². The van der Waals surface area contributed by atoms with Gasteiger partial charge >= 0.3 is 5.97 Å². The van der Waals surface area contributed by atoms with E-state index in [0.717, 1.165) is 18.4 Å². The van der Waals surface area contributed by atoms with Gasteiger partial charge in [-0.3, -0.25) is 4.79 Å². The highest BCUT2D eigenvalue weighted by Crippen LogP contribution is 2.65. The predicted octanol–water partition coefficient (Wildman–Crippen LogP) is 3.41. The summed E-state index contributed by atoms with van der Waals surface area (Å²) in [6, 6.07) is 6.64. The van der Waals surface area contributed by atoms with E-state index in [0.29, 0.717) is 0 Å². The van der Waals surface area contributed by atoms with Crippen LogP contribution in [0.5, 0.6) is 0 Å². The van der Waals surface area contributed by atoms with Gasteiger partial charge in [-0.1, -0.05) is 32.0 Å². The van der Waals surface area contributed by atoms with Crippen molar-refractivity contribution in [3.63, 3.8) is 0 Å². The number of aryl methyl sites for hydroxylation is 2. The number of ether oxygens (including phenoxy) is 1. The summed E-state index contributed by atoms with van der Waals surface area (Å²) in [7, 11) is 1.50. The first-order valence-electron chi connectivity index (χ1n) is 7.22. The van der Waals surface area contributed by atoms with E-state index in [9.17, 15) is 4.79 Å². The second kappa shape index (κ2) is 4.09. The molecule has 2 heteroatoms. The molecule has 0 spiro atoms. The Kier molecular flexibility index (Phi) is 2.74. The second-order valence-corrected chi connectivity index (χ2v) is 6.65. The van der Waals surface area contributed by atoms with Gasteiger partial charge in [-0.25, -0.2) is 0 Å². The summed E-state index contributed by atoms with van der Waals surface area (Å²) in [6.07, 6.45) is 5.79. The number of rotatable bonds is 2. The molecule has 0 N–H and O–H groups in total. The van der Waals surface area contributed by atoms with E-state index in [1.54, 1.807) is 0 Å². The molecule has 0 radical (unpaired) electrons. The van der Waals surface area contributed by atoms with Crippen LogP contribution in [0.15, 0.2) is 18.2 Å². The zero-order valence-electron chi connectivity index (χ0n) is 12.1. The fraction of sp³-hybridized carbons (Fsp3) is 0.588. The number of hydrogen-bond donors (Lipinski definition) is 0. The maximum absolute atomic E-state index is 12.3. The van der Waals surface area contributed by atoms with Crippen molar-refractivity contribution in [3.8, 4) is 0 Å².